The van der Waals surface area contributed by atoms with Crippen molar-refractivity contribution in [3.05, 3.63) is 29.3 Å². The molecule has 1 unspecified atom stereocenters. The number of para-hydroxylation sites is 1. The van der Waals surface area contributed by atoms with Crippen LogP contribution in [0.3, 0.4) is 0 Å². The van der Waals surface area contributed by atoms with Crippen LogP contribution in [0.2, 0.25) is 0 Å². The van der Waals surface area contributed by atoms with Crippen LogP contribution in [0.15, 0.2) is 18.2 Å². The molecule has 1 aliphatic heterocycles. The summed E-state index contributed by atoms with van der Waals surface area (Å²) in [6.45, 7) is 3.31. The Kier molecular flexibility index (Phi) is 2.05. The van der Waals surface area contributed by atoms with Gasteiger partial charge in [0.15, 0.2) is 0 Å². The van der Waals surface area contributed by atoms with Gasteiger partial charge < -0.3 is 10.6 Å². The number of anilines is 1. The SMILES string of the molecule is CC(N)C1(c2cccc3c2N(C)CC3)CC1. The van der Waals surface area contributed by atoms with Gasteiger partial charge in [-0.2, -0.15) is 0 Å². The van der Waals surface area contributed by atoms with Gasteiger partial charge in [-0.25, -0.2) is 0 Å². The van der Waals surface area contributed by atoms with Gasteiger partial charge in [-0.1, -0.05) is 18.2 Å². The van der Waals surface area contributed by atoms with Crippen LogP contribution in [0.25, 0.3) is 0 Å². The zero-order chi connectivity index (χ0) is 11.3. The average molecular weight is 216 g/mol. The molecule has 1 saturated carbocycles. The molecule has 0 aromatic heterocycles. The van der Waals surface area contributed by atoms with Gasteiger partial charge in [0.1, 0.15) is 0 Å². The minimum absolute atomic E-state index is 0.271. The van der Waals surface area contributed by atoms with Crippen LogP contribution in [-0.4, -0.2) is 19.6 Å². The summed E-state index contributed by atoms with van der Waals surface area (Å²) < 4.78 is 0. The van der Waals surface area contributed by atoms with Crippen LogP contribution >= 0.6 is 0 Å². The van der Waals surface area contributed by atoms with Gasteiger partial charge in [0, 0.05) is 30.7 Å². The van der Waals surface area contributed by atoms with E-state index < -0.39 is 0 Å². The fourth-order valence-electron chi connectivity index (χ4n) is 3.15. The molecule has 86 valence electrons. The van der Waals surface area contributed by atoms with Gasteiger partial charge >= 0.3 is 0 Å². The molecular weight excluding hydrogens is 196 g/mol. The third-order valence-electron chi connectivity index (χ3n) is 4.41. The van der Waals surface area contributed by atoms with Gasteiger partial charge in [0.05, 0.1) is 0 Å². The van der Waals surface area contributed by atoms with E-state index in [1.165, 1.54) is 36.1 Å². The van der Waals surface area contributed by atoms with Crippen molar-refractivity contribution in [1.29, 1.82) is 0 Å². The molecule has 0 saturated heterocycles. The fourth-order valence-corrected chi connectivity index (χ4v) is 3.15. The lowest BCUT2D eigenvalue weighted by Gasteiger charge is -2.26. The first-order chi connectivity index (χ1) is 7.65. The van der Waals surface area contributed by atoms with Gasteiger partial charge in [0.25, 0.3) is 0 Å². The Morgan fingerprint density at radius 2 is 2.12 bits per heavy atom. The first-order valence-corrected chi connectivity index (χ1v) is 6.24. The normalized spacial score (nSPS) is 23.1. The van der Waals surface area contributed by atoms with Gasteiger partial charge in [-0.05, 0) is 37.3 Å². The molecule has 0 bridgehead atoms. The topological polar surface area (TPSA) is 29.3 Å². The van der Waals surface area contributed by atoms with Crippen LogP contribution in [0, 0.1) is 0 Å². The third kappa shape index (κ3) is 1.23. The predicted octanol–water partition coefficient (Wildman–Crippen LogP) is 2.06. The number of fused-ring (bicyclic) bond motifs is 1. The highest BCUT2D eigenvalue weighted by molar-refractivity contribution is 5.66. The van der Waals surface area contributed by atoms with Crippen LogP contribution in [0.1, 0.15) is 30.9 Å². The monoisotopic (exact) mass is 216 g/mol. The molecule has 1 heterocycles. The summed E-state index contributed by atoms with van der Waals surface area (Å²) >= 11 is 0. The van der Waals surface area contributed by atoms with Crippen LogP contribution in [0.4, 0.5) is 5.69 Å². The van der Waals surface area contributed by atoms with Crippen molar-refractivity contribution >= 4 is 5.69 Å². The van der Waals surface area contributed by atoms with E-state index in [9.17, 15) is 0 Å². The van der Waals surface area contributed by atoms with Crippen LogP contribution < -0.4 is 10.6 Å². The lowest BCUT2D eigenvalue weighted by Crippen LogP contribution is -2.32. The standard InChI is InChI=1S/C14H20N2/c1-10(15)14(7-8-14)12-5-3-4-11-6-9-16(2)13(11)12/h3-5,10H,6-9,15H2,1-2H3. The van der Waals surface area contributed by atoms with Crippen molar-refractivity contribution in [3.63, 3.8) is 0 Å². The van der Waals surface area contributed by atoms with Gasteiger partial charge in [-0.15, -0.1) is 0 Å². The maximum Gasteiger partial charge on any atom is 0.0435 e. The van der Waals surface area contributed by atoms with E-state index >= 15 is 0 Å². The summed E-state index contributed by atoms with van der Waals surface area (Å²) in [5, 5.41) is 0. The van der Waals surface area contributed by atoms with Crippen molar-refractivity contribution < 1.29 is 0 Å². The molecule has 0 radical (unpaired) electrons. The van der Waals surface area contributed by atoms with E-state index in [1.54, 1.807) is 0 Å². The molecule has 1 aliphatic carbocycles. The second-order valence-electron chi connectivity index (χ2n) is 5.43. The molecule has 2 aliphatic rings. The summed E-state index contributed by atoms with van der Waals surface area (Å²) in [4.78, 5) is 2.40. The van der Waals surface area contributed by atoms with Gasteiger partial charge in [0.2, 0.25) is 0 Å². The van der Waals surface area contributed by atoms with Crippen LogP contribution in [-0.2, 0) is 11.8 Å². The Morgan fingerprint density at radius 1 is 1.38 bits per heavy atom. The molecule has 16 heavy (non-hydrogen) atoms. The Hall–Kier alpha value is -1.02. The Labute approximate surface area is 97.4 Å². The second-order valence-corrected chi connectivity index (χ2v) is 5.43. The molecule has 0 spiro atoms. The molecule has 1 aromatic carbocycles. The summed E-state index contributed by atoms with van der Waals surface area (Å²) in [6.07, 6.45) is 3.71. The molecule has 1 fully saturated rings. The number of hydrogen-bond acceptors (Lipinski definition) is 2. The predicted molar refractivity (Wildman–Crippen MR) is 68.0 cm³/mol. The first kappa shape index (κ1) is 10.2. The molecule has 1 aromatic rings. The summed E-state index contributed by atoms with van der Waals surface area (Å²) in [5.41, 5.74) is 10.9. The highest BCUT2D eigenvalue weighted by atomic mass is 15.1. The summed E-state index contributed by atoms with van der Waals surface area (Å²) in [7, 11) is 2.20. The fraction of sp³-hybridized carbons (Fsp3) is 0.571. The zero-order valence-corrected chi connectivity index (χ0v) is 10.2. The Balaban J connectivity index is 2.12. The van der Waals surface area contributed by atoms with E-state index in [1.807, 2.05) is 0 Å². The molecule has 2 nitrogen and oxygen atoms in total. The quantitative estimate of drug-likeness (QED) is 0.820. The number of hydrogen-bond donors (Lipinski definition) is 1. The molecule has 2 N–H and O–H groups in total. The number of nitrogens with zero attached hydrogens (tertiary/aromatic N) is 1. The maximum absolute atomic E-state index is 6.19. The van der Waals surface area contributed by atoms with Gasteiger partial charge in [-0.3, -0.25) is 0 Å². The van der Waals surface area contributed by atoms with Crippen molar-refractivity contribution in [2.24, 2.45) is 5.73 Å². The molecule has 3 rings (SSSR count). The summed E-state index contributed by atoms with van der Waals surface area (Å²) in [6, 6.07) is 7.03. The third-order valence-corrected chi connectivity index (χ3v) is 4.41. The molecular formula is C14H20N2. The van der Waals surface area contributed by atoms with Crippen molar-refractivity contribution in [3.8, 4) is 0 Å². The minimum Gasteiger partial charge on any atom is -0.374 e. The summed E-state index contributed by atoms with van der Waals surface area (Å²) in [5.74, 6) is 0. The second kappa shape index (κ2) is 3.24. The maximum atomic E-state index is 6.19. The number of rotatable bonds is 2. The first-order valence-electron chi connectivity index (χ1n) is 6.24. The Morgan fingerprint density at radius 3 is 2.75 bits per heavy atom. The molecule has 2 heteroatoms. The highest BCUT2D eigenvalue weighted by Crippen LogP contribution is 2.54. The number of benzene rings is 1. The van der Waals surface area contributed by atoms with E-state index in [0.29, 0.717) is 0 Å². The smallest absolute Gasteiger partial charge is 0.0435 e. The minimum atomic E-state index is 0.271. The van der Waals surface area contributed by atoms with E-state index in [-0.39, 0.29) is 11.5 Å². The van der Waals surface area contributed by atoms with Crippen molar-refractivity contribution in [2.75, 3.05) is 18.5 Å². The number of nitrogens with two attached hydrogens (primary N) is 1. The van der Waals surface area contributed by atoms with E-state index in [4.69, 9.17) is 5.73 Å². The van der Waals surface area contributed by atoms with Crippen molar-refractivity contribution in [2.45, 2.75) is 37.6 Å². The van der Waals surface area contributed by atoms with E-state index in [2.05, 4.69) is 37.1 Å². The largest absolute Gasteiger partial charge is 0.374 e. The van der Waals surface area contributed by atoms with Crippen LogP contribution in [0.5, 0.6) is 0 Å². The zero-order valence-electron chi connectivity index (χ0n) is 10.2. The van der Waals surface area contributed by atoms with E-state index in [0.717, 1.165) is 6.54 Å². The molecule has 1 atom stereocenters. The average Bonchev–Trinajstić information content (AvgIpc) is 3.00. The highest BCUT2D eigenvalue weighted by Gasteiger charge is 2.49. The lowest BCUT2D eigenvalue weighted by molar-refractivity contribution is 0.556. The lowest BCUT2D eigenvalue weighted by atomic mass is 9.87. The Bertz CT molecular complexity index is 419. The van der Waals surface area contributed by atoms with Crippen molar-refractivity contribution in [1.82, 2.24) is 0 Å². The number of likely N-dealkylation sites (N-methyl/N-ethyl adjacent to an activating group) is 1. The molecule has 0 amide bonds.